The molecule has 0 radical (unpaired) electrons. The van der Waals surface area contributed by atoms with Gasteiger partial charge < -0.3 is 10.2 Å². The van der Waals surface area contributed by atoms with E-state index in [1.165, 1.54) is 31.2 Å². The first kappa shape index (κ1) is 14.3. The van der Waals surface area contributed by atoms with Crippen molar-refractivity contribution < 1.29 is 0 Å². The topological polar surface area (TPSA) is 41.0 Å². The number of hydrogen-bond acceptors (Lipinski definition) is 4. The van der Waals surface area contributed by atoms with E-state index in [9.17, 15) is 0 Å². The van der Waals surface area contributed by atoms with E-state index in [4.69, 9.17) is 0 Å². The zero-order valence-corrected chi connectivity index (χ0v) is 12.4. The molecule has 1 fully saturated rings. The summed E-state index contributed by atoms with van der Waals surface area (Å²) in [5, 5.41) is 3.24. The monoisotopic (exact) mass is 262 g/mol. The van der Waals surface area contributed by atoms with Gasteiger partial charge in [-0.15, -0.1) is 0 Å². The Bertz CT molecular complexity index is 374. The Morgan fingerprint density at radius 1 is 1.32 bits per heavy atom. The highest BCUT2D eigenvalue weighted by Crippen LogP contribution is 2.24. The van der Waals surface area contributed by atoms with Crippen molar-refractivity contribution in [3.63, 3.8) is 0 Å². The predicted octanol–water partition coefficient (Wildman–Crippen LogP) is 2.57. The van der Waals surface area contributed by atoms with Gasteiger partial charge >= 0.3 is 0 Å². The molecule has 0 aliphatic carbocycles. The minimum absolute atomic E-state index is 0.496. The van der Waals surface area contributed by atoms with Gasteiger partial charge in [-0.25, -0.2) is 9.97 Å². The molecule has 1 aliphatic rings. The number of nitrogens with one attached hydrogen (secondary N) is 1. The molecule has 2 rings (SSSR count). The number of anilines is 1. The Labute approximate surface area is 116 Å². The molecule has 1 saturated heterocycles. The van der Waals surface area contributed by atoms with Gasteiger partial charge in [0.2, 0.25) is 5.95 Å². The molecule has 0 saturated carbocycles. The van der Waals surface area contributed by atoms with E-state index < -0.39 is 0 Å². The Morgan fingerprint density at radius 2 is 2.05 bits per heavy atom. The third-order valence-corrected chi connectivity index (χ3v) is 3.94. The fourth-order valence-corrected chi connectivity index (χ4v) is 2.65. The van der Waals surface area contributed by atoms with Crippen LogP contribution >= 0.6 is 0 Å². The van der Waals surface area contributed by atoms with Crippen molar-refractivity contribution in [2.24, 2.45) is 0 Å². The predicted molar refractivity (Wildman–Crippen MR) is 79.6 cm³/mol. The molecule has 4 nitrogen and oxygen atoms in total. The summed E-state index contributed by atoms with van der Waals surface area (Å²) < 4.78 is 0. The summed E-state index contributed by atoms with van der Waals surface area (Å²) in [4.78, 5) is 11.5. The summed E-state index contributed by atoms with van der Waals surface area (Å²) in [5.74, 6) is 1.40. The Balaban J connectivity index is 2.08. The standard InChI is InChI=1S/C15H26N4/c1-12(2)13-10-17-15(18-11-13)19-9-5-4-6-14(19)7-8-16-3/h10-12,14,16H,4-9H2,1-3H3. The quantitative estimate of drug-likeness (QED) is 0.885. The fourth-order valence-electron chi connectivity index (χ4n) is 2.65. The van der Waals surface area contributed by atoms with Crippen LogP contribution in [0.5, 0.6) is 0 Å². The van der Waals surface area contributed by atoms with Gasteiger partial charge in [0.25, 0.3) is 0 Å². The first-order valence-electron chi connectivity index (χ1n) is 7.45. The number of hydrogen-bond donors (Lipinski definition) is 1. The van der Waals surface area contributed by atoms with Gasteiger partial charge in [0.15, 0.2) is 0 Å². The van der Waals surface area contributed by atoms with Crippen LogP contribution < -0.4 is 10.2 Å². The third-order valence-electron chi connectivity index (χ3n) is 3.94. The molecule has 2 heterocycles. The van der Waals surface area contributed by atoms with Crippen molar-refractivity contribution in [3.05, 3.63) is 18.0 Å². The van der Waals surface area contributed by atoms with Crippen LogP contribution in [0.2, 0.25) is 0 Å². The van der Waals surface area contributed by atoms with Crippen LogP contribution in [0.1, 0.15) is 51.0 Å². The summed E-state index contributed by atoms with van der Waals surface area (Å²) in [6.45, 7) is 6.50. The van der Waals surface area contributed by atoms with E-state index >= 15 is 0 Å². The van der Waals surface area contributed by atoms with Gasteiger partial charge in [0.05, 0.1) is 0 Å². The molecule has 1 aromatic rings. The van der Waals surface area contributed by atoms with E-state index in [-0.39, 0.29) is 0 Å². The number of aromatic nitrogens is 2. The van der Waals surface area contributed by atoms with Crippen LogP contribution in [0, 0.1) is 0 Å². The minimum Gasteiger partial charge on any atom is -0.338 e. The fraction of sp³-hybridized carbons (Fsp3) is 0.733. The van der Waals surface area contributed by atoms with Crippen LogP contribution in [0.15, 0.2) is 12.4 Å². The second kappa shape index (κ2) is 6.85. The zero-order chi connectivity index (χ0) is 13.7. The molecule has 106 valence electrons. The Kier molecular flexibility index (Phi) is 5.14. The minimum atomic E-state index is 0.496. The molecule has 0 amide bonds. The molecule has 1 aromatic heterocycles. The summed E-state index contributed by atoms with van der Waals surface area (Å²) in [6, 6.07) is 0.589. The van der Waals surface area contributed by atoms with Crippen molar-refractivity contribution >= 4 is 5.95 Å². The molecule has 1 atom stereocenters. The van der Waals surface area contributed by atoms with E-state index in [1.807, 2.05) is 19.4 Å². The normalized spacial score (nSPS) is 20.0. The van der Waals surface area contributed by atoms with Gasteiger partial charge in [0, 0.05) is 25.0 Å². The molecular weight excluding hydrogens is 236 g/mol. The first-order valence-corrected chi connectivity index (χ1v) is 7.45. The highest BCUT2D eigenvalue weighted by Gasteiger charge is 2.23. The van der Waals surface area contributed by atoms with E-state index in [1.54, 1.807) is 0 Å². The molecule has 0 spiro atoms. The van der Waals surface area contributed by atoms with E-state index in [0.29, 0.717) is 12.0 Å². The molecule has 1 unspecified atom stereocenters. The lowest BCUT2D eigenvalue weighted by molar-refractivity contribution is 0.427. The summed E-state index contributed by atoms with van der Waals surface area (Å²) in [6.07, 6.45) is 8.98. The molecule has 1 aliphatic heterocycles. The van der Waals surface area contributed by atoms with Crippen LogP contribution in [-0.4, -0.2) is 36.1 Å². The smallest absolute Gasteiger partial charge is 0.225 e. The second-order valence-corrected chi connectivity index (χ2v) is 5.71. The van der Waals surface area contributed by atoms with Gasteiger partial charge in [-0.05, 0) is 50.8 Å². The van der Waals surface area contributed by atoms with Crippen LogP contribution in [0.4, 0.5) is 5.95 Å². The molecule has 1 N–H and O–H groups in total. The van der Waals surface area contributed by atoms with Crippen molar-refractivity contribution in [2.45, 2.75) is 51.5 Å². The maximum absolute atomic E-state index is 4.58. The van der Waals surface area contributed by atoms with E-state index in [0.717, 1.165) is 19.0 Å². The largest absolute Gasteiger partial charge is 0.338 e. The van der Waals surface area contributed by atoms with Crippen molar-refractivity contribution in [1.29, 1.82) is 0 Å². The highest BCUT2D eigenvalue weighted by atomic mass is 15.3. The highest BCUT2D eigenvalue weighted by molar-refractivity contribution is 5.33. The maximum atomic E-state index is 4.58. The Morgan fingerprint density at radius 3 is 2.68 bits per heavy atom. The van der Waals surface area contributed by atoms with Gasteiger partial charge in [-0.3, -0.25) is 0 Å². The average Bonchev–Trinajstić information content (AvgIpc) is 2.45. The number of rotatable bonds is 5. The summed E-state index contributed by atoms with van der Waals surface area (Å²) in [7, 11) is 2.01. The third kappa shape index (κ3) is 3.66. The van der Waals surface area contributed by atoms with Gasteiger partial charge in [-0.2, -0.15) is 0 Å². The maximum Gasteiger partial charge on any atom is 0.225 e. The summed E-state index contributed by atoms with van der Waals surface area (Å²) >= 11 is 0. The van der Waals surface area contributed by atoms with Gasteiger partial charge in [0.1, 0.15) is 0 Å². The van der Waals surface area contributed by atoms with Gasteiger partial charge in [-0.1, -0.05) is 13.8 Å². The van der Waals surface area contributed by atoms with Crippen molar-refractivity contribution in [3.8, 4) is 0 Å². The van der Waals surface area contributed by atoms with Crippen molar-refractivity contribution in [2.75, 3.05) is 25.0 Å². The van der Waals surface area contributed by atoms with Crippen molar-refractivity contribution in [1.82, 2.24) is 15.3 Å². The molecule has 19 heavy (non-hydrogen) atoms. The second-order valence-electron chi connectivity index (χ2n) is 5.71. The van der Waals surface area contributed by atoms with E-state index in [2.05, 4.69) is 34.0 Å². The van der Waals surface area contributed by atoms with Crippen LogP contribution in [-0.2, 0) is 0 Å². The average molecular weight is 262 g/mol. The lowest BCUT2D eigenvalue weighted by Gasteiger charge is -2.36. The number of piperidine rings is 1. The van der Waals surface area contributed by atoms with Crippen LogP contribution in [0.25, 0.3) is 0 Å². The van der Waals surface area contributed by atoms with Crippen LogP contribution in [0.3, 0.4) is 0 Å². The number of nitrogens with zero attached hydrogens (tertiary/aromatic N) is 3. The first-order chi connectivity index (χ1) is 9.22. The molecular formula is C15H26N4. The Hall–Kier alpha value is -1.16. The molecule has 0 bridgehead atoms. The zero-order valence-electron chi connectivity index (χ0n) is 12.4. The lowest BCUT2D eigenvalue weighted by Crippen LogP contribution is -2.42. The molecule has 4 heteroatoms. The molecule has 0 aromatic carbocycles. The lowest BCUT2D eigenvalue weighted by atomic mass is 10.00. The summed E-state index contributed by atoms with van der Waals surface area (Å²) in [5.41, 5.74) is 1.22. The SMILES string of the molecule is CNCCC1CCCCN1c1ncc(C(C)C)cn1.